The lowest BCUT2D eigenvalue weighted by Crippen LogP contribution is -2.02. The smallest absolute Gasteiger partial charge is 0.330 e. The molecular formula is C21H40O2. The number of hydrogen-bond donors (Lipinski definition) is 1. The van der Waals surface area contributed by atoms with Gasteiger partial charge in [-0.25, -0.2) is 4.79 Å². The number of allylic oxidation sites excluding steroid dienone is 1. The molecule has 0 aromatic carbocycles. The van der Waals surface area contributed by atoms with E-state index in [1.165, 1.54) is 70.6 Å². The molecule has 0 aromatic rings. The molecule has 0 spiro atoms. The Balaban J connectivity index is 3.60. The molecule has 0 fully saturated rings. The van der Waals surface area contributed by atoms with Crippen molar-refractivity contribution in [3.05, 3.63) is 11.6 Å². The number of rotatable bonds is 16. The summed E-state index contributed by atoms with van der Waals surface area (Å²) < 4.78 is 0. The maximum absolute atomic E-state index is 10.9. The number of carboxylic acids is 1. The fourth-order valence-electron chi connectivity index (χ4n) is 3.18. The summed E-state index contributed by atoms with van der Waals surface area (Å²) in [6.07, 6.45) is 20.4. The molecule has 0 bridgehead atoms. The topological polar surface area (TPSA) is 37.3 Å². The van der Waals surface area contributed by atoms with Crippen LogP contribution in [0, 0.1) is 5.92 Å². The van der Waals surface area contributed by atoms with E-state index in [0.29, 0.717) is 11.5 Å². The summed E-state index contributed by atoms with van der Waals surface area (Å²) in [5.41, 5.74) is 0.506. The normalized spacial score (nSPS) is 13.3. The largest absolute Gasteiger partial charge is 0.478 e. The van der Waals surface area contributed by atoms with Gasteiger partial charge in [0.25, 0.3) is 0 Å². The van der Waals surface area contributed by atoms with Crippen molar-refractivity contribution < 1.29 is 9.90 Å². The zero-order valence-corrected chi connectivity index (χ0v) is 15.9. The monoisotopic (exact) mass is 324 g/mol. The summed E-state index contributed by atoms with van der Waals surface area (Å²) in [5.74, 6) is -0.320. The van der Waals surface area contributed by atoms with Gasteiger partial charge in [-0.05, 0) is 25.7 Å². The molecular weight excluding hydrogens is 284 g/mol. The SMILES string of the molecule is CCCCCCCCCCCCCC(C=C(C)C(=O)O)CCC. The van der Waals surface area contributed by atoms with Crippen LogP contribution >= 0.6 is 0 Å². The molecule has 1 atom stereocenters. The summed E-state index contributed by atoms with van der Waals surface area (Å²) in [6, 6.07) is 0. The van der Waals surface area contributed by atoms with E-state index in [4.69, 9.17) is 5.11 Å². The highest BCUT2D eigenvalue weighted by Crippen LogP contribution is 2.20. The van der Waals surface area contributed by atoms with Gasteiger partial charge >= 0.3 is 5.97 Å². The first kappa shape index (κ1) is 22.2. The van der Waals surface area contributed by atoms with Crippen molar-refractivity contribution >= 4 is 5.97 Å². The number of unbranched alkanes of at least 4 members (excludes halogenated alkanes) is 10. The average molecular weight is 325 g/mol. The van der Waals surface area contributed by atoms with Crippen LogP contribution in [0.3, 0.4) is 0 Å². The van der Waals surface area contributed by atoms with Crippen LogP contribution in [0.4, 0.5) is 0 Å². The second kappa shape index (κ2) is 16.1. The van der Waals surface area contributed by atoms with Gasteiger partial charge in [-0.1, -0.05) is 97.0 Å². The minimum absolute atomic E-state index is 0.453. The Bertz CT molecular complexity index is 307. The van der Waals surface area contributed by atoms with E-state index in [-0.39, 0.29) is 0 Å². The number of carboxylic acid groups (broad SMARTS) is 1. The van der Waals surface area contributed by atoms with Gasteiger partial charge in [0.2, 0.25) is 0 Å². The lowest BCUT2D eigenvalue weighted by Gasteiger charge is -2.12. The predicted octanol–water partition coefficient (Wildman–Crippen LogP) is 7.13. The fraction of sp³-hybridized carbons (Fsp3) is 0.857. The maximum atomic E-state index is 10.9. The van der Waals surface area contributed by atoms with Crippen LogP contribution in [0.25, 0.3) is 0 Å². The number of hydrogen-bond acceptors (Lipinski definition) is 1. The first-order valence-corrected chi connectivity index (χ1v) is 10.0. The van der Waals surface area contributed by atoms with Gasteiger partial charge in [0, 0.05) is 5.57 Å². The van der Waals surface area contributed by atoms with E-state index in [9.17, 15) is 4.79 Å². The molecule has 2 nitrogen and oxygen atoms in total. The summed E-state index contributed by atoms with van der Waals surface area (Å²) in [6.45, 7) is 6.16. The minimum atomic E-state index is -0.773. The predicted molar refractivity (Wildman–Crippen MR) is 101 cm³/mol. The molecule has 0 saturated heterocycles. The molecule has 0 aliphatic carbocycles. The standard InChI is InChI=1S/C21H40O2/c1-4-6-7-8-9-10-11-12-13-14-15-17-20(16-5-2)18-19(3)21(22)23/h18,20H,4-17H2,1-3H3,(H,22,23). The molecule has 1 unspecified atom stereocenters. The highest BCUT2D eigenvalue weighted by molar-refractivity contribution is 5.85. The van der Waals surface area contributed by atoms with Gasteiger partial charge in [-0.15, -0.1) is 0 Å². The molecule has 136 valence electrons. The van der Waals surface area contributed by atoms with Crippen molar-refractivity contribution in [3.8, 4) is 0 Å². The Hall–Kier alpha value is -0.790. The van der Waals surface area contributed by atoms with Gasteiger partial charge in [0.05, 0.1) is 0 Å². The zero-order valence-electron chi connectivity index (χ0n) is 15.9. The van der Waals surface area contributed by atoms with Crippen LogP contribution in [0.15, 0.2) is 11.6 Å². The maximum Gasteiger partial charge on any atom is 0.330 e. The third-order valence-electron chi connectivity index (χ3n) is 4.66. The second-order valence-electron chi connectivity index (χ2n) is 7.03. The van der Waals surface area contributed by atoms with Gasteiger partial charge in [-0.2, -0.15) is 0 Å². The Morgan fingerprint density at radius 1 is 0.783 bits per heavy atom. The number of aliphatic carboxylic acids is 1. The van der Waals surface area contributed by atoms with E-state index in [0.717, 1.165) is 19.3 Å². The van der Waals surface area contributed by atoms with Gasteiger partial charge in [0.15, 0.2) is 0 Å². The van der Waals surface area contributed by atoms with E-state index < -0.39 is 5.97 Å². The highest BCUT2D eigenvalue weighted by Gasteiger charge is 2.08. The van der Waals surface area contributed by atoms with Crippen LogP contribution in [0.5, 0.6) is 0 Å². The van der Waals surface area contributed by atoms with E-state index in [1.54, 1.807) is 6.92 Å². The van der Waals surface area contributed by atoms with Crippen LogP contribution < -0.4 is 0 Å². The molecule has 0 aliphatic heterocycles. The summed E-state index contributed by atoms with van der Waals surface area (Å²) in [7, 11) is 0. The molecule has 0 rings (SSSR count). The fourth-order valence-corrected chi connectivity index (χ4v) is 3.18. The van der Waals surface area contributed by atoms with Crippen LogP contribution in [-0.2, 0) is 4.79 Å². The minimum Gasteiger partial charge on any atom is -0.478 e. The quantitative estimate of drug-likeness (QED) is 0.242. The van der Waals surface area contributed by atoms with Crippen molar-refractivity contribution in [1.82, 2.24) is 0 Å². The molecule has 0 aromatic heterocycles. The second-order valence-corrected chi connectivity index (χ2v) is 7.03. The van der Waals surface area contributed by atoms with Crippen LogP contribution in [0.1, 0.15) is 111 Å². The van der Waals surface area contributed by atoms with E-state index >= 15 is 0 Å². The van der Waals surface area contributed by atoms with Crippen molar-refractivity contribution in [1.29, 1.82) is 0 Å². The van der Waals surface area contributed by atoms with Crippen molar-refractivity contribution in [2.45, 2.75) is 111 Å². The summed E-state index contributed by atoms with van der Waals surface area (Å²) in [4.78, 5) is 10.9. The van der Waals surface area contributed by atoms with Crippen molar-refractivity contribution in [3.63, 3.8) is 0 Å². The third-order valence-corrected chi connectivity index (χ3v) is 4.66. The first-order valence-electron chi connectivity index (χ1n) is 10.0. The molecule has 0 saturated carbocycles. The van der Waals surface area contributed by atoms with Crippen LogP contribution in [0.2, 0.25) is 0 Å². The zero-order chi connectivity index (χ0) is 17.3. The number of carbonyl (C=O) groups is 1. The first-order chi connectivity index (χ1) is 11.1. The average Bonchev–Trinajstić information content (AvgIpc) is 2.52. The van der Waals surface area contributed by atoms with Gasteiger partial charge in [-0.3, -0.25) is 0 Å². The molecule has 23 heavy (non-hydrogen) atoms. The lowest BCUT2D eigenvalue weighted by atomic mass is 9.94. The molecule has 2 heteroatoms. The molecule has 0 amide bonds. The molecule has 0 heterocycles. The molecule has 0 aliphatic rings. The van der Waals surface area contributed by atoms with Crippen molar-refractivity contribution in [2.75, 3.05) is 0 Å². The third kappa shape index (κ3) is 14.5. The Morgan fingerprint density at radius 3 is 1.70 bits per heavy atom. The van der Waals surface area contributed by atoms with Crippen LogP contribution in [-0.4, -0.2) is 11.1 Å². The summed E-state index contributed by atoms with van der Waals surface area (Å²) >= 11 is 0. The van der Waals surface area contributed by atoms with Crippen molar-refractivity contribution in [2.24, 2.45) is 5.92 Å². The molecule has 0 radical (unpaired) electrons. The molecule has 1 N–H and O–H groups in total. The Morgan fingerprint density at radius 2 is 1.26 bits per heavy atom. The van der Waals surface area contributed by atoms with Gasteiger partial charge in [0.1, 0.15) is 0 Å². The Kier molecular flexibility index (Phi) is 15.5. The lowest BCUT2D eigenvalue weighted by molar-refractivity contribution is -0.132. The Labute approximate surface area is 144 Å². The van der Waals surface area contributed by atoms with Gasteiger partial charge < -0.3 is 5.11 Å². The summed E-state index contributed by atoms with van der Waals surface area (Å²) in [5, 5.41) is 8.99. The van der Waals surface area contributed by atoms with E-state index in [2.05, 4.69) is 13.8 Å². The van der Waals surface area contributed by atoms with E-state index in [1.807, 2.05) is 6.08 Å². The highest BCUT2D eigenvalue weighted by atomic mass is 16.4.